The number of aromatic nitrogens is 2. The minimum atomic E-state index is -0.528. The molecule has 146 valence electrons. The molecule has 0 saturated heterocycles. The van der Waals surface area contributed by atoms with Crippen LogP contribution in [0.4, 0.5) is 9.93 Å². The predicted octanol–water partition coefficient (Wildman–Crippen LogP) is 3.25. The van der Waals surface area contributed by atoms with Crippen LogP contribution < -0.4 is 16.0 Å². The molecule has 2 heterocycles. The molecular formula is C18H19N5O3S2. The lowest BCUT2D eigenvalue weighted by Crippen LogP contribution is -2.42. The number of carbonyl (C=O) groups is 2. The number of rotatable bonds is 8. The number of furan rings is 1. The van der Waals surface area contributed by atoms with Gasteiger partial charge in [-0.3, -0.25) is 10.1 Å². The Labute approximate surface area is 170 Å². The topological polar surface area (TPSA) is 109 Å². The zero-order valence-corrected chi connectivity index (χ0v) is 16.7. The lowest BCUT2D eigenvalue weighted by atomic mass is 10.2. The predicted molar refractivity (Wildman–Crippen MR) is 108 cm³/mol. The number of thioether (sulfide) groups is 1. The van der Waals surface area contributed by atoms with Gasteiger partial charge < -0.3 is 15.1 Å². The molecule has 0 saturated carbocycles. The van der Waals surface area contributed by atoms with Crippen molar-refractivity contribution < 1.29 is 14.0 Å². The van der Waals surface area contributed by atoms with Gasteiger partial charge in [-0.1, -0.05) is 53.4 Å². The van der Waals surface area contributed by atoms with Crippen molar-refractivity contribution in [3.63, 3.8) is 0 Å². The van der Waals surface area contributed by atoms with Gasteiger partial charge in [-0.15, -0.1) is 10.2 Å². The first-order chi connectivity index (χ1) is 13.6. The van der Waals surface area contributed by atoms with Crippen LogP contribution in [0.5, 0.6) is 0 Å². The second-order valence-electron chi connectivity index (χ2n) is 5.72. The average Bonchev–Trinajstić information content (AvgIpc) is 3.37. The number of hydrogen-bond donors (Lipinski definition) is 3. The summed E-state index contributed by atoms with van der Waals surface area (Å²) in [4.78, 5) is 24.1. The van der Waals surface area contributed by atoms with Crippen molar-refractivity contribution in [3.8, 4) is 0 Å². The van der Waals surface area contributed by atoms with Gasteiger partial charge in [0.05, 0.1) is 18.1 Å². The van der Waals surface area contributed by atoms with Gasteiger partial charge in [-0.2, -0.15) is 0 Å². The number of anilines is 1. The van der Waals surface area contributed by atoms with E-state index in [0.717, 1.165) is 11.3 Å². The van der Waals surface area contributed by atoms with E-state index in [2.05, 4.69) is 26.1 Å². The van der Waals surface area contributed by atoms with Crippen LogP contribution in [0.1, 0.15) is 18.2 Å². The van der Waals surface area contributed by atoms with Crippen LogP contribution in [0.3, 0.4) is 0 Å². The molecule has 0 fully saturated rings. The fourth-order valence-electron chi connectivity index (χ4n) is 2.15. The molecule has 3 aromatic rings. The third kappa shape index (κ3) is 6.10. The summed E-state index contributed by atoms with van der Waals surface area (Å²) in [7, 11) is 0. The largest absolute Gasteiger partial charge is 0.467 e. The first-order valence-corrected chi connectivity index (χ1v) is 10.2. The Kier molecular flexibility index (Phi) is 7.04. The highest BCUT2D eigenvalue weighted by Crippen LogP contribution is 2.29. The molecule has 1 atom stereocenters. The number of hydrogen-bond acceptors (Lipinski definition) is 8. The fourth-order valence-corrected chi connectivity index (χ4v) is 4.04. The molecule has 0 aliphatic carbocycles. The second-order valence-corrected chi connectivity index (χ2v) is 8.29. The van der Waals surface area contributed by atoms with Crippen LogP contribution in [-0.2, 0) is 17.9 Å². The standard InChI is InChI=1S/C18H19N5O3S2/c1-12(15(24)21-16(25)19-10-13-6-3-2-4-7-13)27-18-23-22-17(28-18)20-11-14-8-5-9-26-14/h2-9,12H,10-11H2,1H3,(H,20,22)(H2,19,21,24,25)/t12-/m0/s1. The molecule has 1 aromatic carbocycles. The first kappa shape index (κ1) is 19.9. The van der Waals surface area contributed by atoms with Crippen molar-refractivity contribution in [2.45, 2.75) is 29.6 Å². The number of carbonyl (C=O) groups excluding carboxylic acids is 2. The summed E-state index contributed by atoms with van der Waals surface area (Å²) in [6.45, 7) is 2.56. The summed E-state index contributed by atoms with van der Waals surface area (Å²) in [6.07, 6.45) is 1.61. The summed E-state index contributed by atoms with van der Waals surface area (Å²) < 4.78 is 5.87. The lowest BCUT2D eigenvalue weighted by Gasteiger charge is -2.10. The van der Waals surface area contributed by atoms with E-state index >= 15 is 0 Å². The molecule has 10 heteroatoms. The minimum Gasteiger partial charge on any atom is -0.467 e. The van der Waals surface area contributed by atoms with Crippen LogP contribution in [0.25, 0.3) is 0 Å². The van der Waals surface area contributed by atoms with Gasteiger partial charge in [0.15, 0.2) is 4.34 Å². The summed E-state index contributed by atoms with van der Waals surface area (Å²) in [5.41, 5.74) is 0.955. The van der Waals surface area contributed by atoms with Crippen LogP contribution in [0, 0.1) is 0 Å². The monoisotopic (exact) mass is 417 g/mol. The number of benzene rings is 1. The molecular weight excluding hydrogens is 398 g/mol. The maximum atomic E-state index is 12.2. The van der Waals surface area contributed by atoms with Crippen molar-refractivity contribution in [2.24, 2.45) is 0 Å². The molecule has 0 spiro atoms. The third-order valence-corrected chi connectivity index (χ3v) is 5.65. The Bertz CT molecular complexity index is 899. The quantitative estimate of drug-likeness (QED) is 0.483. The van der Waals surface area contributed by atoms with Crippen molar-refractivity contribution in [1.82, 2.24) is 20.8 Å². The number of nitrogens with one attached hydrogen (secondary N) is 3. The first-order valence-electron chi connectivity index (χ1n) is 8.49. The number of imide groups is 1. The van der Waals surface area contributed by atoms with Crippen molar-refractivity contribution in [1.29, 1.82) is 0 Å². The molecule has 0 unspecified atom stereocenters. The van der Waals surface area contributed by atoms with Crippen molar-refractivity contribution >= 4 is 40.2 Å². The van der Waals surface area contributed by atoms with Gasteiger partial charge in [0.2, 0.25) is 11.0 Å². The van der Waals surface area contributed by atoms with Gasteiger partial charge >= 0.3 is 6.03 Å². The average molecular weight is 418 g/mol. The van der Waals surface area contributed by atoms with E-state index in [9.17, 15) is 9.59 Å². The Balaban J connectivity index is 1.41. The van der Waals surface area contributed by atoms with Crippen molar-refractivity contribution in [2.75, 3.05) is 5.32 Å². The molecule has 3 rings (SSSR count). The van der Waals surface area contributed by atoms with Gasteiger partial charge in [-0.05, 0) is 24.6 Å². The van der Waals surface area contributed by atoms with E-state index < -0.39 is 17.2 Å². The molecule has 0 aliphatic rings. The van der Waals surface area contributed by atoms with Crippen LogP contribution >= 0.6 is 23.1 Å². The van der Waals surface area contributed by atoms with E-state index in [1.54, 1.807) is 13.2 Å². The fraction of sp³-hybridized carbons (Fsp3) is 0.222. The van der Waals surface area contributed by atoms with Gasteiger partial charge in [0, 0.05) is 6.54 Å². The molecule has 0 radical (unpaired) electrons. The van der Waals surface area contributed by atoms with Gasteiger partial charge in [-0.25, -0.2) is 4.79 Å². The zero-order chi connectivity index (χ0) is 19.8. The SMILES string of the molecule is C[C@H](Sc1nnc(NCc2ccco2)s1)C(=O)NC(=O)NCc1ccccc1. The van der Waals surface area contributed by atoms with E-state index in [4.69, 9.17) is 4.42 Å². The zero-order valence-electron chi connectivity index (χ0n) is 15.0. The lowest BCUT2D eigenvalue weighted by molar-refractivity contribution is -0.119. The van der Waals surface area contributed by atoms with Crippen LogP contribution in [0.15, 0.2) is 57.5 Å². The summed E-state index contributed by atoms with van der Waals surface area (Å²) in [6, 6.07) is 12.6. The highest BCUT2D eigenvalue weighted by atomic mass is 32.2. The van der Waals surface area contributed by atoms with E-state index in [-0.39, 0.29) is 0 Å². The highest BCUT2D eigenvalue weighted by Gasteiger charge is 2.19. The number of amides is 3. The van der Waals surface area contributed by atoms with Crippen molar-refractivity contribution in [3.05, 3.63) is 60.1 Å². The third-order valence-electron chi connectivity index (χ3n) is 3.58. The molecule has 28 heavy (non-hydrogen) atoms. The van der Waals surface area contributed by atoms with Crippen LogP contribution in [-0.4, -0.2) is 27.4 Å². The molecule has 0 bridgehead atoms. The van der Waals surface area contributed by atoms with Crippen LogP contribution in [0.2, 0.25) is 0 Å². The molecule has 3 amide bonds. The van der Waals surface area contributed by atoms with E-state index in [1.807, 2.05) is 42.5 Å². The smallest absolute Gasteiger partial charge is 0.321 e. The maximum Gasteiger partial charge on any atom is 0.321 e. The number of urea groups is 1. The van der Waals surface area contributed by atoms with E-state index in [0.29, 0.717) is 22.6 Å². The molecule has 3 N–H and O–H groups in total. The second kappa shape index (κ2) is 9.90. The molecule has 8 nitrogen and oxygen atoms in total. The molecule has 2 aromatic heterocycles. The van der Waals surface area contributed by atoms with Gasteiger partial charge in [0.1, 0.15) is 5.76 Å². The van der Waals surface area contributed by atoms with Gasteiger partial charge in [0.25, 0.3) is 0 Å². The summed E-state index contributed by atoms with van der Waals surface area (Å²) in [5, 5.41) is 16.3. The minimum absolute atomic E-state index is 0.350. The summed E-state index contributed by atoms with van der Waals surface area (Å²) >= 11 is 2.58. The Morgan fingerprint density at radius 3 is 2.71 bits per heavy atom. The number of nitrogens with zero attached hydrogens (tertiary/aromatic N) is 2. The maximum absolute atomic E-state index is 12.2. The highest BCUT2D eigenvalue weighted by molar-refractivity contribution is 8.02. The normalized spacial score (nSPS) is 11.6. The Morgan fingerprint density at radius 1 is 1.14 bits per heavy atom. The summed E-state index contributed by atoms with van der Waals surface area (Å²) in [5.74, 6) is 0.398. The Morgan fingerprint density at radius 2 is 1.96 bits per heavy atom. The molecule has 0 aliphatic heterocycles. The Hall–Kier alpha value is -2.85. The van der Waals surface area contributed by atoms with E-state index in [1.165, 1.54) is 23.1 Å².